The number of benzene rings is 1. The molecule has 0 spiro atoms. The average Bonchev–Trinajstić information content (AvgIpc) is 3.16. The maximum absolute atomic E-state index is 13.3. The first-order valence-corrected chi connectivity index (χ1v) is 8.74. The third kappa shape index (κ3) is 5.26. The van der Waals surface area contributed by atoms with Gasteiger partial charge in [-0.3, -0.25) is 4.90 Å². The lowest BCUT2D eigenvalue weighted by atomic mass is 10.0. The molecule has 0 amide bonds. The van der Waals surface area contributed by atoms with Gasteiger partial charge < -0.3 is 19.8 Å². The third-order valence-corrected chi connectivity index (χ3v) is 4.49. The highest BCUT2D eigenvalue weighted by molar-refractivity contribution is 7.80. The SMILES string of the molecule is Fc1ccc([C@@H](CNC(=S)NCc2ccco2)N2CCOCC2)cc1. The van der Waals surface area contributed by atoms with Crippen molar-refractivity contribution >= 4 is 17.3 Å². The highest BCUT2D eigenvalue weighted by atomic mass is 32.1. The van der Waals surface area contributed by atoms with Crippen LogP contribution in [0.3, 0.4) is 0 Å². The zero-order valence-electron chi connectivity index (χ0n) is 13.9. The maximum atomic E-state index is 13.3. The largest absolute Gasteiger partial charge is 0.467 e. The normalized spacial score (nSPS) is 16.4. The Labute approximate surface area is 152 Å². The molecule has 0 aliphatic carbocycles. The number of hydrogen-bond donors (Lipinski definition) is 2. The van der Waals surface area contributed by atoms with Crippen molar-refractivity contribution in [3.05, 3.63) is 59.8 Å². The summed E-state index contributed by atoms with van der Waals surface area (Å²) in [5, 5.41) is 6.95. The van der Waals surface area contributed by atoms with E-state index in [9.17, 15) is 4.39 Å². The molecular weight excluding hydrogens is 341 g/mol. The van der Waals surface area contributed by atoms with Crippen molar-refractivity contribution in [3.8, 4) is 0 Å². The predicted octanol–water partition coefficient (Wildman–Crippen LogP) is 2.46. The summed E-state index contributed by atoms with van der Waals surface area (Å²) < 4.78 is 24.0. The number of furan rings is 1. The molecule has 5 nitrogen and oxygen atoms in total. The van der Waals surface area contributed by atoms with Crippen molar-refractivity contribution in [1.29, 1.82) is 0 Å². The number of thiocarbonyl (C=S) groups is 1. The summed E-state index contributed by atoms with van der Waals surface area (Å²) in [6, 6.07) is 10.5. The maximum Gasteiger partial charge on any atom is 0.166 e. The number of nitrogens with zero attached hydrogens (tertiary/aromatic N) is 1. The van der Waals surface area contributed by atoms with E-state index in [2.05, 4.69) is 15.5 Å². The number of ether oxygens (including phenoxy) is 1. The summed E-state index contributed by atoms with van der Waals surface area (Å²) in [6.45, 7) is 4.28. The van der Waals surface area contributed by atoms with Gasteiger partial charge in [-0.2, -0.15) is 0 Å². The van der Waals surface area contributed by atoms with E-state index in [1.807, 2.05) is 24.3 Å². The van der Waals surface area contributed by atoms with Gasteiger partial charge in [0.1, 0.15) is 11.6 Å². The van der Waals surface area contributed by atoms with Crippen molar-refractivity contribution < 1.29 is 13.5 Å². The lowest BCUT2D eigenvalue weighted by molar-refractivity contribution is 0.0170. The molecule has 1 atom stereocenters. The summed E-state index contributed by atoms with van der Waals surface area (Å²) in [7, 11) is 0. The number of hydrogen-bond acceptors (Lipinski definition) is 4. The number of morpholine rings is 1. The summed E-state index contributed by atoms with van der Waals surface area (Å²) in [5.74, 6) is 0.598. The van der Waals surface area contributed by atoms with E-state index in [-0.39, 0.29) is 11.9 Å². The van der Waals surface area contributed by atoms with Crippen molar-refractivity contribution in [3.63, 3.8) is 0 Å². The lowest BCUT2D eigenvalue weighted by Gasteiger charge is -2.35. The zero-order chi connectivity index (χ0) is 17.5. The Balaban J connectivity index is 1.58. The average molecular weight is 363 g/mol. The molecule has 1 saturated heterocycles. The number of rotatable bonds is 6. The Morgan fingerprint density at radius 3 is 2.60 bits per heavy atom. The standard InChI is InChI=1S/C18H22FN3O2S/c19-15-5-3-14(4-6-15)17(22-7-10-23-11-8-22)13-21-18(25)20-12-16-2-1-9-24-16/h1-6,9,17H,7-8,10-13H2,(H2,20,21,25)/t17-/m1/s1. The predicted molar refractivity (Wildman–Crippen MR) is 97.7 cm³/mol. The molecule has 0 saturated carbocycles. The fourth-order valence-corrected chi connectivity index (χ4v) is 3.02. The second-order valence-electron chi connectivity index (χ2n) is 5.86. The van der Waals surface area contributed by atoms with Crippen LogP contribution in [-0.2, 0) is 11.3 Å². The minimum absolute atomic E-state index is 0.105. The van der Waals surface area contributed by atoms with E-state index in [1.54, 1.807) is 6.26 Å². The van der Waals surface area contributed by atoms with Gasteiger partial charge in [-0.05, 0) is 42.0 Å². The van der Waals surface area contributed by atoms with Gasteiger partial charge in [-0.1, -0.05) is 12.1 Å². The minimum atomic E-state index is -0.229. The molecule has 134 valence electrons. The fraction of sp³-hybridized carbons (Fsp3) is 0.389. The van der Waals surface area contributed by atoms with Gasteiger partial charge in [0.05, 0.1) is 32.1 Å². The Morgan fingerprint density at radius 1 is 1.16 bits per heavy atom. The van der Waals surface area contributed by atoms with Gasteiger partial charge in [-0.25, -0.2) is 4.39 Å². The van der Waals surface area contributed by atoms with Crippen LogP contribution in [0.25, 0.3) is 0 Å². The smallest absolute Gasteiger partial charge is 0.166 e. The van der Waals surface area contributed by atoms with Gasteiger partial charge in [0.2, 0.25) is 0 Å². The molecule has 1 aliphatic rings. The Morgan fingerprint density at radius 2 is 1.92 bits per heavy atom. The molecule has 0 radical (unpaired) electrons. The molecule has 1 fully saturated rings. The monoisotopic (exact) mass is 363 g/mol. The van der Waals surface area contributed by atoms with Crippen LogP contribution in [0.4, 0.5) is 4.39 Å². The highest BCUT2D eigenvalue weighted by Crippen LogP contribution is 2.21. The van der Waals surface area contributed by atoms with Gasteiger partial charge in [0.25, 0.3) is 0 Å². The van der Waals surface area contributed by atoms with Crippen LogP contribution in [0.15, 0.2) is 47.1 Å². The van der Waals surface area contributed by atoms with Crippen molar-refractivity contribution in [2.45, 2.75) is 12.6 Å². The van der Waals surface area contributed by atoms with Crippen LogP contribution < -0.4 is 10.6 Å². The van der Waals surface area contributed by atoms with E-state index in [0.29, 0.717) is 31.4 Å². The summed E-state index contributed by atoms with van der Waals surface area (Å²) in [5.41, 5.74) is 1.06. The van der Waals surface area contributed by atoms with E-state index in [4.69, 9.17) is 21.4 Å². The van der Waals surface area contributed by atoms with Crippen LogP contribution in [-0.4, -0.2) is 42.9 Å². The molecule has 1 aliphatic heterocycles. The second kappa shape index (κ2) is 8.94. The Kier molecular flexibility index (Phi) is 6.38. The van der Waals surface area contributed by atoms with E-state index in [0.717, 1.165) is 24.4 Å². The number of nitrogens with one attached hydrogen (secondary N) is 2. The second-order valence-corrected chi connectivity index (χ2v) is 6.27. The van der Waals surface area contributed by atoms with Crippen molar-refractivity contribution in [2.24, 2.45) is 0 Å². The van der Waals surface area contributed by atoms with Crippen molar-refractivity contribution in [2.75, 3.05) is 32.8 Å². The van der Waals surface area contributed by atoms with Crippen LogP contribution in [0.2, 0.25) is 0 Å². The van der Waals surface area contributed by atoms with Crippen LogP contribution >= 0.6 is 12.2 Å². The van der Waals surface area contributed by atoms with Crippen LogP contribution in [0.1, 0.15) is 17.4 Å². The zero-order valence-corrected chi connectivity index (χ0v) is 14.7. The van der Waals surface area contributed by atoms with Crippen LogP contribution in [0.5, 0.6) is 0 Å². The van der Waals surface area contributed by atoms with Gasteiger partial charge >= 0.3 is 0 Å². The van der Waals surface area contributed by atoms with E-state index >= 15 is 0 Å². The minimum Gasteiger partial charge on any atom is -0.467 e. The van der Waals surface area contributed by atoms with Gasteiger partial charge in [0, 0.05) is 19.6 Å². The molecule has 25 heavy (non-hydrogen) atoms. The molecular formula is C18H22FN3O2S. The quantitative estimate of drug-likeness (QED) is 0.769. The molecule has 2 N–H and O–H groups in total. The topological polar surface area (TPSA) is 49.7 Å². The molecule has 0 unspecified atom stereocenters. The summed E-state index contributed by atoms with van der Waals surface area (Å²) in [6.07, 6.45) is 1.64. The molecule has 7 heteroatoms. The molecule has 1 aromatic carbocycles. The first kappa shape index (κ1) is 17.8. The third-order valence-electron chi connectivity index (χ3n) is 4.20. The molecule has 2 aromatic rings. The van der Waals surface area contributed by atoms with E-state index < -0.39 is 0 Å². The number of halogens is 1. The lowest BCUT2D eigenvalue weighted by Crippen LogP contribution is -2.45. The highest BCUT2D eigenvalue weighted by Gasteiger charge is 2.22. The van der Waals surface area contributed by atoms with Gasteiger partial charge in [-0.15, -0.1) is 0 Å². The van der Waals surface area contributed by atoms with Crippen LogP contribution in [0, 0.1) is 5.82 Å². The summed E-state index contributed by atoms with van der Waals surface area (Å²) in [4.78, 5) is 2.33. The first-order chi connectivity index (χ1) is 12.2. The Bertz CT molecular complexity index is 657. The summed E-state index contributed by atoms with van der Waals surface area (Å²) >= 11 is 5.35. The van der Waals surface area contributed by atoms with E-state index in [1.165, 1.54) is 12.1 Å². The molecule has 0 bridgehead atoms. The molecule has 1 aromatic heterocycles. The van der Waals surface area contributed by atoms with Gasteiger partial charge in [0.15, 0.2) is 5.11 Å². The fourth-order valence-electron chi connectivity index (χ4n) is 2.86. The first-order valence-electron chi connectivity index (χ1n) is 8.34. The van der Waals surface area contributed by atoms with Crippen molar-refractivity contribution in [1.82, 2.24) is 15.5 Å². The molecule has 2 heterocycles. The molecule has 3 rings (SSSR count). The Hall–Kier alpha value is -1.96.